The second-order valence-corrected chi connectivity index (χ2v) is 6.99. The van der Waals surface area contributed by atoms with Crippen LogP contribution in [0.15, 0.2) is 113 Å². The molecule has 1 amide bonds. The van der Waals surface area contributed by atoms with Crippen LogP contribution in [0.4, 0.5) is 0 Å². The third-order valence-corrected chi connectivity index (χ3v) is 5.08. The van der Waals surface area contributed by atoms with Crippen molar-refractivity contribution >= 4 is 23.0 Å². The molecule has 1 N–H and O–H groups in total. The van der Waals surface area contributed by atoms with Gasteiger partial charge < -0.3 is 8.98 Å². The zero-order valence-corrected chi connectivity index (χ0v) is 16.6. The Balaban J connectivity index is 1.68. The minimum atomic E-state index is -0.394. The van der Waals surface area contributed by atoms with Gasteiger partial charge in [-0.1, -0.05) is 66.7 Å². The van der Waals surface area contributed by atoms with Crippen LogP contribution >= 0.6 is 0 Å². The molecule has 5 rings (SSSR count). The molecule has 0 bridgehead atoms. The fraction of sp³-hybridized carbons (Fsp3) is 0. The lowest BCUT2D eigenvalue weighted by Crippen LogP contribution is -2.16. The van der Waals surface area contributed by atoms with Crippen molar-refractivity contribution in [1.82, 2.24) is 9.99 Å². The monoisotopic (exact) mass is 405 g/mol. The first-order valence-electron chi connectivity index (χ1n) is 9.94. The molecule has 150 valence electrons. The van der Waals surface area contributed by atoms with Crippen molar-refractivity contribution in [1.29, 1.82) is 0 Å². The van der Waals surface area contributed by atoms with Crippen LogP contribution in [-0.4, -0.2) is 16.7 Å². The lowest BCUT2D eigenvalue weighted by Gasteiger charge is -2.12. The number of hydrogen-bond acceptors (Lipinski definition) is 3. The molecule has 5 nitrogen and oxygen atoms in total. The molecule has 3 aromatic carbocycles. The summed E-state index contributed by atoms with van der Waals surface area (Å²) in [5, 5.41) is 5.29. The van der Waals surface area contributed by atoms with Crippen molar-refractivity contribution in [2.24, 2.45) is 5.10 Å². The molecule has 0 saturated carbocycles. The lowest BCUT2D eigenvalue weighted by molar-refractivity contribution is 0.0927. The maximum absolute atomic E-state index is 12.2. The lowest BCUT2D eigenvalue weighted by atomic mass is 10.1. The van der Waals surface area contributed by atoms with Crippen molar-refractivity contribution in [3.05, 3.63) is 115 Å². The van der Waals surface area contributed by atoms with Crippen LogP contribution in [0.1, 0.15) is 16.1 Å². The second-order valence-electron chi connectivity index (χ2n) is 6.99. The first-order valence-corrected chi connectivity index (χ1v) is 9.94. The normalized spacial score (nSPS) is 11.2. The topological polar surface area (TPSA) is 59.5 Å². The third kappa shape index (κ3) is 3.53. The number of amides is 1. The molecule has 31 heavy (non-hydrogen) atoms. The molecule has 0 radical (unpaired) electrons. The molecule has 5 aromatic rings. The minimum Gasteiger partial charge on any atom is -0.459 e. The molecular weight excluding hydrogens is 386 g/mol. The predicted molar refractivity (Wildman–Crippen MR) is 122 cm³/mol. The van der Waals surface area contributed by atoms with E-state index in [1.54, 1.807) is 18.3 Å². The number of hydrogen-bond donors (Lipinski definition) is 1. The quantitative estimate of drug-likeness (QED) is 0.303. The number of hydrazone groups is 1. The van der Waals surface area contributed by atoms with Gasteiger partial charge in [-0.25, -0.2) is 5.43 Å². The maximum atomic E-state index is 12.2. The predicted octanol–water partition coefficient (Wildman–Crippen LogP) is 5.65. The standard InChI is InChI=1S/C26H19N3O2/c30-26(24-16-9-17-31-24)28-27-18-22-21-14-7-8-15-23(21)29(20-12-5-2-6-13-20)25(22)19-10-3-1-4-11-19/h1-18H,(H,28,30)/b27-18-. The Morgan fingerprint density at radius 2 is 1.55 bits per heavy atom. The van der Waals surface area contributed by atoms with Gasteiger partial charge in [0.25, 0.3) is 0 Å². The van der Waals surface area contributed by atoms with Crippen LogP contribution in [0.3, 0.4) is 0 Å². The highest BCUT2D eigenvalue weighted by atomic mass is 16.3. The fourth-order valence-electron chi connectivity index (χ4n) is 3.74. The van der Waals surface area contributed by atoms with E-state index in [2.05, 4.69) is 51.5 Å². The van der Waals surface area contributed by atoms with Crippen molar-refractivity contribution < 1.29 is 9.21 Å². The Bertz CT molecular complexity index is 1350. The largest absolute Gasteiger partial charge is 0.459 e. The summed E-state index contributed by atoms with van der Waals surface area (Å²) in [5.41, 5.74) is 7.65. The van der Waals surface area contributed by atoms with Gasteiger partial charge in [0.05, 0.1) is 23.7 Å². The highest BCUT2D eigenvalue weighted by Gasteiger charge is 2.18. The molecule has 5 heteroatoms. The van der Waals surface area contributed by atoms with Gasteiger partial charge in [-0.3, -0.25) is 4.79 Å². The number of para-hydroxylation sites is 2. The van der Waals surface area contributed by atoms with Gasteiger partial charge >= 0.3 is 5.91 Å². The number of rotatable bonds is 5. The van der Waals surface area contributed by atoms with Crippen molar-refractivity contribution in [3.63, 3.8) is 0 Å². The summed E-state index contributed by atoms with van der Waals surface area (Å²) >= 11 is 0. The number of carbonyl (C=O) groups is 1. The molecule has 2 heterocycles. The Hall–Kier alpha value is -4.38. The van der Waals surface area contributed by atoms with E-state index in [9.17, 15) is 4.79 Å². The smallest absolute Gasteiger partial charge is 0.307 e. The molecular formula is C26H19N3O2. The van der Waals surface area contributed by atoms with Crippen LogP contribution in [0, 0.1) is 0 Å². The molecule has 0 aliphatic rings. The number of furan rings is 1. The van der Waals surface area contributed by atoms with Gasteiger partial charge in [0.1, 0.15) is 0 Å². The summed E-state index contributed by atoms with van der Waals surface area (Å²) < 4.78 is 7.36. The molecule has 0 aliphatic heterocycles. The SMILES string of the molecule is O=C(N/N=C\c1c(-c2ccccc2)n(-c2ccccc2)c2ccccc12)c1ccco1. The molecule has 0 spiro atoms. The van der Waals surface area contributed by atoms with Gasteiger partial charge in [0.15, 0.2) is 5.76 Å². The summed E-state index contributed by atoms with van der Waals surface area (Å²) in [7, 11) is 0. The molecule has 0 unspecified atom stereocenters. The maximum Gasteiger partial charge on any atom is 0.307 e. The van der Waals surface area contributed by atoms with E-state index < -0.39 is 5.91 Å². The summed E-state index contributed by atoms with van der Waals surface area (Å²) in [6.45, 7) is 0. The first-order chi connectivity index (χ1) is 15.3. The number of carbonyl (C=O) groups excluding carboxylic acids is 1. The van der Waals surface area contributed by atoms with Gasteiger partial charge in [-0.05, 0) is 35.9 Å². The molecule has 2 aromatic heterocycles. The first kappa shape index (κ1) is 18.6. The molecule has 0 atom stereocenters. The molecule has 0 aliphatic carbocycles. The summed E-state index contributed by atoms with van der Waals surface area (Å²) in [6.07, 6.45) is 3.16. The van der Waals surface area contributed by atoms with Gasteiger partial charge in [-0.15, -0.1) is 0 Å². The third-order valence-electron chi connectivity index (χ3n) is 5.08. The second kappa shape index (κ2) is 8.16. The number of fused-ring (bicyclic) bond motifs is 1. The van der Waals surface area contributed by atoms with Crippen LogP contribution in [0.2, 0.25) is 0 Å². The van der Waals surface area contributed by atoms with E-state index in [1.807, 2.05) is 48.5 Å². The van der Waals surface area contributed by atoms with E-state index >= 15 is 0 Å². The van der Waals surface area contributed by atoms with Crippen LogP contribution in [0.5, 0.6) is 0 Å². The number of aromatic nitrogens is 1. The van der Waals surface area contributed by atoms with Crippen molar-refractivity contribution in [2.45, 2.75) is 0 Å². The van der Waals surface area contributed by atoms with E-state index in [-0.39, 0.29) is 5.76 Å². The number of nitrogens with zero attached hydrogens (tertiary/aromatic N) is 2. The zero-order valence-electron chi connectivity index (χ0n) is 16.6. The summed E-state index contributed by atoms with van der Waals surface area (Å²) in [6, 6.07) is 31.8. The van der Waals surface area contributed by atoms with E-state index in [1.165, 1.54) is 6.26 Å². The van der Waals surface area contributed by atoms with Crippen molar-refractivity contribution in [3.8, 4) is 16.9 Å². The van der Waals surface area contributed by atoms with E-state index in [0.717, 1.165) is 33.4 Å². The highest BCUT2D eigenvalue weighted by Crippen LogP contribution is 2.35. The summed E-state index contributed by atoms with van der Waals surface area (Å²) in [4.78, 5) is 12.2. The van der Waals surface area contributed by atoms with Gasteiger partial charge in [0, 0.05) is 16.6 Å². The van der Waals surface area contributed by atoms with Crippen LogP contribution in [-0.2, 0) is 0 Å². The van der Waals surface area contributed by atoms with Crippen LogP contribution in [0.25, 0.3) is 27.8 Å². The fourth-order valence-corrected chi connectivity index (χ4v) is 3.74. The highest BCUT2D eigenvalue weighted by molar-refractivity contribution is 6.07. The average molecular weight is 405 g/mol. The number of nitrogens with one attached hydrogen (secondary N) is 1. The van der Waals surface area contributed by atoms with Gasteiger partial charge in [0.2, 0.25) is 0 Å². The Morgan fingerprint density at radius 3 is 2.29 bits per heavy atom. The van der Waals surface area contributed by atoms with Crippen LogP contribution < -0.4 is 5.43 Å². The average Bonchev–Trinajstić information content (AvgIpc) is 3.47. The molecule has 0 saturated heterocycles. The Morgan fingerprint density at radius 1 is 0.839 bits per heavy atom. The Labute approximate surface area is 179 Å². The zero-order chi connectivity index (χ0) is 21.0. The van der Waals surface area contributed by atoms with E-state index in [4.69, 9.17) is 4.42 Å². The molecule has 0 fully saturated rings. The van der Waals surface area contributed by atoms with Crippen molar-refractivity contribution in [2.75, 3.05) is 0 Å². The summed E-state index contributed by atoms with van der Waals surface area (Å²) in [5.74, 6) is -0.179. The van der Waals surface area contributed by atoms with E-state index in [0.29, 0.717) is 0 Å². The van der Waals surface area contributed by atoms with Gasteiger partial charge in [-0.2, -0.15) is 5.10 Å². The minimum absolute atomic E-state index is 0.215. The number of benzene rings is 3. The Kier molecular flexibility index (Phi) is 4.91.